The van der Waals surface area contributed by atoms with Gasteiger partial charge in [0.1, 0.15) is 0 Å². The Morgan fingerprint density at radius 1 is 1.20 bits per heavy atom. The molecular formula is H6O3SiTi. The van der Waals surface area contributed by atoms with E-state index in [0.717, 1.165) is 0 Å². The van der Waals surface area contributed by atoms with Crippen molar-refractivity contribution in [1.82, 2.24) is 0 Å². The molecule has 0 amide bonds. The van der Waals surface area contributed by atoms with Crippen molar-refractivity contribution in [2.45, 2.75) is 0 Å². The summed E-state index contributed by atoms with van der Waals surface area (Å²) in [5.41, 5.74) is 0. The normalized spacial score (nSPS) is 1.60. The molecule has 0 aliphatic rings. The third kappa shape index (κ3) is 116. The molecule has 0 heterocycles. The Morgan fingerprint density at radius 2 is 1.20 bits per heavy atom. The Bertz CT molecular complexity index is 27.9. The Morgan fingerprint density at radius 3 is 1.20 bits per heavy atom. The van der Waals surface area contributed by atoms with E-state index in [1.54, 1.807) is 0 Å². The van der Waals surface area contributed by atoms with Crippen LogP contribution in [0.1, 0.15) is 0 Å². The van der Waals surface area contributed by atoms with Gasteiger partial charge in [0.05, 0.1) is 0 Å². The fraction of sp³-hybridized carbons (Fsp3) is 0. The molecule has 0 rings (SSSR count). The maximum atomic E-state index is 8.50. The summed E-state index contributed by atoms with van der Waals surface area (Å²) in [6.45, 7) is 0. The minimum atomic E-state index is -2.00. The van der Waals surface area contributed by atoms with Crippen LogP contribution in [0.25, 0.3) is 0 Å². The first-order chi connectivity index (χ1) is 1.41. The largest absolute Gasteiger partial charge is 0.0149 e. The van der Waals surface area contributed by atoms with Gasteiger partial charge in [-0.15, -0.1) is 0 Å². The fourth-order valence-electron chi connectivity index (χ4n) is 0. The molecule has 0 saturated heterocycles. The second-order valence-corrected chi connectivity index (χ2v) is 0.344. The predicted molar refractivity (Wildman–Crippen MR) is 16.3 cm³/mol. The summed E-state index contributed by atoms with van der Waals surface area (Å²) in [6, 6.07) is 0. The molecule has 0 atom stereocenters. The Balaban J connectivity index is -0.0000000200. The van der Waals surface area contributed by atoms with Crippen molar-refractivity contribution >= 4 is 11.0 Å². The number of hydrogen-bond acceptors (Lipinski definition) is 2. The van der Waals surface area contributed by atoms with E-state index >= 15 is 0 Å². The van der Waals surface area contributed by atoms with Crippen molar-refractivity contribution in [1.29, 1.82) is 0 Å². The molecule has 0 bridgehead atoms. The fourth-order valence-corrected chi connectivity index (χ4v) is 0. The molecule has 5 heavy (non-hydrogen) atoms. The molecule has 0 aromatic heterocycles. The van der Waals surface area contributed by atoms with E-state index in [0.29, 0.717) is 0 Å². The monoisotopic (exact) mass is 130 g/mol. The standard InChI is InChI=1S/H2O.2O.H4Si.Ti/h1H2;;;1H4;. The molecule has 0 fully saturated rings. The summed E-state index contributed by atoms with van der Waals surface area (Å²) < 4.78 is 17.0. The van der Waals surface area contributed by atoms with Crippen LogP contribution in [0.3, 0.4) is 0 Å². The van der Waals surface area contributed by atoms with Crippen LogP contribution in [0.5, 0.6) is 0 Å². The van der Waals surface area contributed by atoms with Gasteiger partial charge < -0.3 is 5.48 Å². The van der Waals surface area contributed by atoms with Gasteiger partial charge in [0.2, 0.25) is 0 Å². The van der Waals surface area contributed by atoms with Crippen LogP contribution in [0.15, 0.2) is 0 Å². The van der Waals surface area contributed by atoms with E-state index in [-0.39, 0.29) is 16.4 Å². The summed E-state index contributed by atoms with van der Waals surface area (Å²) in [5.74, 6) is 0. The van der Waals surface area contributed by atoms with Crippen molar-refractivity contribution in [3.05, 3.63) is 0 Å². The molecule has 0 saturated carbocycles. The van der Waals surface area contributed by atoms with Crippen LogP contribution in [-0.2, 0) is 25.7 Å². The van der Waals surface area contributed by atoms with Gasteiger partial charge in [-0.05, 0) is 11.0 Å². The van der Waals surface area contributed by atoms with Crippen molar-refractivity contribution in [2.24, 2.45) is 0 Å². The van der Waals surface area contributed by atoms with Crippen LogP contribution in [0.4, 0.5) is 0 Å². The zero-order valence-corrected chi connectivity index (χ0v) is 3.38. The van der Waals surface area contributed by atoms with Crippen molar-refractivity contribution in [3.8, 4) is 0 Å². The van der Waals surface area contributed by atoms with Crippen LogP contribution in [0, 0.1) is 0 Å². The smallest absolute Gasteiger partial charge is 0.0149 e. The van der Waals surface area contributed by atoms with E-state index in [4.69, 9.17) is 6.65 Å². The maximum absolute atomic E-state index is 8.50. The second-order valence-electron chi connectivity index (χ2n) is 0.0833. The first-order valence-electron chi connectivity index (χ1n) is 0.408. The van der Waals surface area contributed by atoms with Crippen LogP contribution >= 0.6 is 0 Å². The van der Waals surface area contributed by atoms with Crippen LogP contribution in [0.2, 0.25) is 0 Å². The predicted octanol–water partition coefficient (Wildman–Crippen LogP) is -2.52. The Kier molecular flexibility index (Phi) is 87.9. The first kappa shape index (κ1) is 17.8. The maximum Gasteiger partial charge on any atom is -0.0149 e. The number of rotatable bonds is 0. The van der Waals surface area contributed by atoms with E-state index in [1.165, 1.54) is 0 Å². The summed E-state index contributed by atoms with van der Waals surface area (Å²) >= 11 is -2.00. The molecule has 0 unspecified atom stereocenters. The zero-order valence-electron chi connectivity index (χ0n) is 1.82. The third-order valence-electron chi connectivity index (χ3n) is 0. The molecule has 32 valence electrons. The minimum Gasteiger partial charge on any atom is -0.0149 e. The van der Waals surface area contributed by atoms with E-state index in [2.05, 4.69) is 0 Å². The van der Waals surface area contributed by atoms with Gasteiger partial charge in [0.15, 0.2) is 0 Å². The topological polar surface area (TPSA) is 65.6 Å². The van der Waals surface area contributed by atoms with Gasteiger partial charge in [-0.2, -0.15) is 0 Å². The van der Waals surface area contributed by atoms with E-state index in [9.17, 15) is 0 Å². The quantitative estimate of drug-likeness (QED) is 0.340. The number of hydrogen-bond donors (Lipinski definition) is 0. The van der Waals surface area contributed by atoms with Gasteiger partial charge in [0, 0.05) is 0 Å². The molecular weight excluding hydrogens is 124 g/mol. The first-order valence-corrected chi connectivity index (χ1v) is 1.68. The van der Waals surface area contributed by atoms with Crippen LogP contribution in [-0.4, -0.2) is 16.4 Å². The van der Waals surface area contributed by atoms with Crippen molar-refractivity contribution in [2.75, 3.05) is 0 Å². The van der Waals surface area contributed by atoms with Crippen LogP contribution < -0.4 is 0 Å². The molecule has 0 spiro atoms. The van der Waals surface area contributed by atoms with Gasteiger partial charge in [-0.3, -0.25) is 0 Å². The molecule has 0 aromatic rings. The summed E-state index contributed by atoms with van der Waals surface area (Å²) in [6.07, 6.45) is 0. The van der Waals surface area contributed by atoms with E-state index in [1.807, 2.05) is 0 Å². The average molecular weight is 130 g/mol. The van der Waals surface area contributed by atoms with Gasteiger partial charge in [-0.1, -0.05) is 0 Å². The summed E-state index contributed by atoms with van der Waals surface area (Å²) in [4.78, 5) is 0. The SMILES string of the molecule is O.[O]=[Ti]=[O].[SiH4]. The molecule has 0 aliphatic carbocycles. The minimum absolute atomic E-state index is 0. The summed E-state index contributed by atoms with van der Waals surface area (Å²) in [5, 5.41) is 0. The van der Waals surface area contributed by atoms with Gasteiger partial charge in [0.25, 0.3) is 0 Å². The zero-order chi connectivity index (χ0) is 2.71. The molecule has 3 nitrogen and oxygen atoms in total. The third-order valence-corrected chi connectivity index (χ3v) is 0. The molecule has 0 aromatic carbocycles. The molecule has 0 aliphatic heterocycles. The van der Waals surface area contributed by atoms with Gasteiger partial charge in [-0.25, -0.2) is 0 Å². The molecule has 0 radical (unpaired) electrons. The van der Waals surface area contributed by atoms with Crippen molar-refractivity contribution in [3.63, 3.8) is 0 Å². The Hall–Kier alpha value is 0.491. The van der Waals surface area contributed by atoms with E-state index < -0.39 is 19.1 Å². The van der Waals surface area contributed by atoms with Gasteiger partial charge >= 0.3 is 25.7 Å². The Labute approximate surface area is 42.7 Å². The summed E-state index contributed by atoms with van der Waals surface area (Å²) in [7, 11) is 0. The molecule has 5 heteroatoms. The van der Waals surface area contributed by atoms with Crippen molar-refractivity contribution < 1.29 is 31.2 Å². The second kappa shape index (κ2) is 24.6. The molecule has 2 N–H and O–H groups in total. The average Bonchev–Trinajstić information content (AvgIpc) is 0.918.